The summed E-state index contributed by atoms with van der Waals surface area (Å²) in [7, 11) is 0. The lowest BCUT2D eigenvalue weighted by atomic mass is 10.1. The first-order valence-corrected chi connectivity index (χ1v) is 8.88. The summed E-state index contributed by atoms with van der Waals surface area (Å²) in [5.74, 6) is -0.214. The lowest BCUT2D eigenvalue weighted by Gasteiger charge is -2.35. The van der Waals surface area contributed by atoms with Crippen LogP contribution in [-0.2, 0) is 0 Å². The molecule has 1 fully saturated rings. The summed E-state index contributed by atoms with van der Waals surface area (Å²) < 4.78 is 0. The summed E-state index contributed by atoms with van der Waals surface area (Å²) in [6.45, 7) is 1.85. The van der Waals surface area contributed by atoms with E-state index in [1.165, 1.54) is 0 Å². The van der Waals surface area contributed by atoms with Crippen molar-refractivity contribution in [2.75, 3.05) is 26.2 Å². The molecule has 0 atom stereocenters. The van der Waals surface area contributed by atoms with Crippen molar-refractivity contribution >= 4 is 46.6 Å². The zero-order valence-corrected chi connectivity index (χ0v) is 15.5. The zero-order chi connectivity index (χ0) is 18.0. The number of rotatable bonds is 2. The maximum atomic E-state index is 12.6. The fourth-order valence-corrected chi connectivity index (χ4v) is 3.34. The summed E-state index contributed by atoms with van der Waals surface area (Å²) in [4.78, 5) is 28.5. The highest BCUT2D eigenvalue weighted by molar-refractivity contribution is 6.36. The van der Waals surface area contributed by atoms with Crippen LogP contribution >= 0.6 is 34.8 Å². The molecule has 0 bridgehead atoms. The minimum Gasteiger partial charge on any atom is -0.335 e. The van der Waals surface area contributed by atoms with Gasteiger partial charge in [0.05, 0.1) is 10.6 Å². The van der Waals surface area contributed by atoms with Crippen LogP contribution in [0.5, 0.6) is 0 Å². The Hall–Kier alpha value is -1.75. The molecule has 1 heterocycles. The van der Waals surface area contributed by atoms with Crippen molar-refractivity contribution in [2.45, 2.75) is 0 Å². The molecule has 0 saturated carbocycles. The SMILES string of the molecule is O=C(c1ccc(Cl)cc1)N1CCN(C(=O)c2ccc(Cl)cc2Cl)CC1. The fourth-order valence-electron chi connectivity index (χ4n) is 2.72. The average molecular weight is 398 g/mol. The normalized spacial score (nSPS) is 14.5. The predicted molar refractivity (Wildman–Crippen MR) is 99.7 cm³/mol. The quantitative estimate of drug-likeness (QED) is 0.760. The van der Waals surface area contributed by atoms with E-state index in [9.17, 15) is 9.59 Å². The summed E-state index contributed by atoms with van der Waals surface area (Å²) >= 11 is 17.8. The van der Waals surface area contributed by atoms with Crippen LogP contribution in [0, 0.1) is 0 Å². The molecule has 0 aromatic heterocycles. The fraction of sp³-hybridized carbons (Fsp3) is 0.222. The minimum atomic E-state index is -0.153. The van der Waals surface area contributed by atoms with Gasteiger partial charge in [0.25, 0.3) is 11.8 Å². The molecule has 3 rings (SSSR count). The topological polar surface area (TPSA) is 40.6 Å². The highest BCUT2D eigenvalue weighted by atomic mass is 35.5. The van der Waals surface area contributed by atoms with Gasteiger partial charge in [-0.2, -0.15) is 0 Å². The number of carbonyl (C=O) groups is 2. The Bertz CT molecular complexity index is 800. The van der Waals surface area contributed by atoms with Gasteiger partial charge in [0.2, 0.25) is 0 Å². The number of amides is 2. The van der Waals surface area contributed by atoms with Crippen molar-refractivity contribution < 1.29 is 9.59 Å². The van der Waals surface area contributed by atoms with Crippen LogP contribution in [0.4, 0.5) is 0 Å². The Labute approximate surface area is 160 Å². The third-order valence-corrected chi connectivity index (χ3v) is 4.91. The Morgan fingerprint density at radius 2 is 1.24 bits per heavy atom. The molecule has 4 nitrogen and oxygen atoms in total. The van der Waals surface area contributed by atoms with E-state index in [-0.39, 0.29) is 11.8 Å². The van der Waals surface area contributed by atoms with Crippen molar-refractivity contribution in [2.24, 2.45) is 0 Å². The molecule has 0 unspecified atom stereocenters. The number of nitrogens with zero attached hydrogens (tertiary/aromatic N) is 2. The van der Waals surface area contributed by atoms with Gasteiger partial charge in [-0.05, 0) is 42.5 Å². The monoisotopic (exact) mass is 396 g/mol. The van der Waals surface area contributed by atoms with E-state index in [1.54, 1.807) is 52.3 Å². The van der Waals surface area contributed by atoms with Gasteiger partial charge in [0.1, 0.15) is 0 Å². The smallest absolute Gasteiger partial charge is 0.255 e. The highest BCUT2D eigenvalue weighted by Gasteiger charge is 2.26. The number of halogens is 3. The number of hydrogen-bond acceptors (Lipinski definition) is 2. The van der Waals surface area contributed by atoms with Crippen molar-refractivity contribution in [1.29, 1.82) is 0 Å². The van der Waals surface area contributed by atoms with E-state index < -0.39 is 0 Å². The van der Waals surface area contributed by atoms with Gasteiger partial charge in [-0.15, -0.1) is 0 Å². The summed E-state index contributed by atoms with van der Waals surface area (Å²) in [5, 5.41) is 1.41. The molecule has 2 aromatic rings. The second-order valence-electron chi connectivity index (χ2n) is 5.72. The van der Waals surface area contributed by atoms with Crippen LogP contribution in [0.3, 0.4) is 0 Å². The second kappa shape index (κ2) is 7.65. The average Bonchev–Trinajstić information content (AvgIpc) is 2.61. The lowest BCUT2D eigenvalue weighted by Crippen LogP contribution is -2.50. The second-order valence-corrected chi connectivity index (χ2v) is 7.00. The van der Waals surface area contributed by atoms with Crippen LogP contribution in [0.15, 0.2) is 42.5 Å². The van der Waals surface area contributed by atoms with Gasteiger partial charge in [0, 0.05) is 41.8 Å². The third kappa shape index (κ3) is 4.09. The van der Waals surface area contributed by atoms with Crippen LogP contribution in [0.25, 0.3) is 0 Å². The number of piperazine rings is 1. The van der Waals surface area contributed by atoms with E-state index in [0.29, 0.717) is 52.4 Å². The van der Waals surface area contributed by atoms with Crippen LogP contribution in [0.1, 0.15) is 20.7 Å². The Kier molecular flexibility index (Phi) is 5.52. The molecule has 1 saturated heterocycles. The molecule has 0 N–H and O–H groups in total. The van der Waals surface area contributed by atoms with Gasteiger partial charge in [-0.1, -0.05) is 34.8 Å². The van der Waals surface area contributed by atoms with E-state index in [2.05, 4.69) is 0 Å². The Balaban J connectivity index is 1.64. The molecule has 2 amide bonds. The number of carbonyl (C=O) groups excluding carboxylic acids is 2. The molecule has 130 valence electrons. The van der Waals surface area contributed by atoms with Crippen molar-refractivity contribution in [3.63, 3.8) is 0 Å². The highest BCUT2D eigenvalue weighted by Crippen LogP contribution is 2.23. The summed E-state index contributed by atoms with van der Waals surface area (Å²) in [6.07, 6.45) is 0. The van der Waals surface area contributed by atoms with Gasteiger partial charge in [-0.25, -0.2) is 0 Å². The molecule has 25 heavy (non-hydrogen) atoms. The molecule has 2 aromatic carbocycles. The Morgan fingerprint density at radius 1 is 0.720 bits per heavy atom. The third-order valence-electron chi connectivity index (χ3n) is 4.11. The largest absolute Gasteiger partial charge is 0.335 e. The molecule has 0 radical (unpaired) electrons. The number of hydrogen-bond donors (Lipinski definition) is 0. The van der Waals surface area contributed by atoms with Gasteiger partial charge >= 0.3 is 0 Å². The molecule has 0 aliphatic carbocycles. The summed E-state index contributed by atoms with van der Waals surface area (Å²) in [5.41, 5.74) is 1.01. The van der Waals surface area contributed by atoms with Gasteiger partial charge < -0.3 is 9.80 Å². The molecule has 1 aliphatic rings. The zero-order valence-electron chi connectivity index (χ0n) is 13.2. The molecule has 1 aliphatic heterocycles. The molecular formula is C18H15Cl3N2O2. The standard InChI is InChI=1S/C18H15Cl3N2O2/c19-13-3-1-12(2-4-13)17(24)22-7-9-23(10-8-22)18(25)15-6-5-14(20)11-16(15)21/h1-6,11H,7-10H2. The lowest BCUT2D eigenvalue weighted by molar-refractivity contribution is 0.0535. The predicted octanol–water partition coefficient (Wildman–Crippen LogP) is 4.25. The van der Waals surface area contributed by atoms with Gasteiger partial charge in [-0.3, -0.25) is 9.59 Å². The maximum Gasteiger partial charge on any atom is 0.255 e. The summed E-state index contributed by atoms with van der Waals surface area (Å²) in [6, 6.07) is 11.6. The minimum absolute atomic E-state index is 0.0618. The first-order valence-electron chi connectivity index (χ1n) is 7.75. The maximum absolute atomic E-state index is 12.6. The van der Waals surface area contributed by atoms with Crippen molar-refractivity contribution in [3.05, 3.63) is 68.7 Å². The van der Waals surface area contributed by atoms with E-state index in [1.807, 2.05) is 0 Å². The van der Waals surface area contributed by atoms with Crippen LogP contribution < -0.4 is 0 Å². The molecule has 0 spiro atoms. The number of benzene rings is 2. The van der Waals surface area contributed by atoms with E-state index in [4.69, 9.17) is 34.8 Å². The van der Waals surface area contributed by atoms with E-state index >= 15 is 0 Å². The van der Waals surface area contributed by atoms with E-state index in [0.717, 1.165) is 0 Å². The van der Waals surface area contributed by atoms with Crippen molar-refractivity contribution in [1.82, 2.24) is 9.80 Å². The first-order chi connectivity index (χ1) is 12.0. The van der Waals surface area contributed by atoms with Crippen LogP contribution in [0.2, 0.25) is 15.1 Å². The Morgan fingerprint density at radius 3 is 1.80 bits per heavy atom. The first kappa shape index (κ1) is 18.1. The van der Waals surface area contributed by atoms with Crippen molar-refractivity contribution in [3.8, 4) is 0 Å². The van der Waals surface area contributed by atoms with Gasteiger partial charge in [0.15, 0.2) is 0 Å². The van der Waals surface area contributed by atoms with Crippen LogP contribution in [-0.4, -0.2) is 47.8 Å². The molecule has 7 heteroatoms. The molecular weight excluding hydrogens is 383 g/mol.